The van der Waals surface area contributed by atoms with Crippen molar-refractivity contribution in [1.82, 2.24) is 0 Å². The molecule has 1 aliphatic rings. The number of hydrogen-bond donors (Lipinski definition) is 1. The lowest BCUT2D eigenvalue weighted by molar-refractivity contribution is 0.499. The van der Waals surface area contributed by atoms with E-state index in [0.29, 0.717) is 11.7 Å². The minimum Gasteiger partial charge on any atom is -0.253 e. The van der Waals surface area contributed by atoms with Crippen molar-refractivity contribution < 1.29 is 4.21 Å². The maximum absolute atomic E-state index is 12.0. The molecule has 2 nitrogen and oxygen atoms in total. The van der Waals surface area contributed by atoms with Crippen molar-refractivity contribution in [3.8, 4) is 0 Å². The Hall–Kier alpha value is -0.0500. The molecule has 1 aliphatic carbocycles. The molecule has 78 valence electrons. The van der Waals surface area contributed by atoms with Gasteiger partial charge >= 0.3 is 0 Å². The highest BCUT2D eigenvalue weighted by Crippen LogP contribution is 2.25. The van der Waals surface area contributed by atoms with E-state index >= 15 is 0 Å². The van der Waals surface area contributed by atoms with Gasteiger partial charge in [0.05, 0.1) is 0 Å². The van der Waals surface area contributed by atoms with Gasteiger partial charge in [0.15, 0.2) is 0 Å². The zero-order valence-electron chi connectivity index (χ0n) is 8.71. The van der Waals surface area contributed by atoms with Crippen LogP contribution in [0.15, 0.2) is 0 Å². The summed E-state index contributed by atoms with van der Waals surface area (Å²) in [6, 6.07) is 0. The van der Waals surface area contributed by atoms with Gasteiger partial charge in [-0.1, -0.05) is 33.1 Å². The normalized spacial score (nSPS) is 24.5. The van der Waals surface area contributed by atoms with E-state index in [1.807, 2.05) is 0 Å². The molecule has 0 amide bonds. The summed E-state index contributed by atoms with van der Waals surface area (Å²) in [5, 5.41) is 0.198. The molecule has 1 saturated carbocycles. The molecule has 0 radical (unpaired) electrons. The lowest BCUT2D eigenvalue weighted by atomic mass is 10.0. The average Bonchev–Trinajstić information content (AvgIpc) is 2.04. The van der Waals surface area contributed by atoms with Crippen LogP contribution < -0.4 is 0 Å². The fourth-order valence-electron chi connectivity index (χ4n) is 2.08. The summed E-state index contributed by atoms with van der Waals surface area (Å²) in [7, 11) is -2.28. The third kappa shape index (κ3) is 3.29. The molecule has 0 saturated heterocycles. The second-order valence-corrected chi connectivity index (χ2v) is 7.00. The molecule has 0 aromatic carbocycles. The molecule has 0 aromatic rings. The van der Waals surface area contributed by atoms with Gasteiger partial charge < -0.3 is 0 Å². The molecule has 1 atom stereocenters. The van der Waals surface area contributed by atoms with Crippen molar-refractivity contribution in [2.45, 2.75) is 51.2 Å². The van der Waals surface area contributed by atoms with Crippen LogP contribution in [-0.2, 0) is 9.73 Å². The monoisotopic (exact) mass is 203 g/mol. The number of rotatable bonds is 3. The van der Waals surface area contributed by atoms with Gasteiger partial charge in [-0.3, -0.25) is 4.78 Å². The van der Waals surface area contributed by atoms with E-state index in [2.05, 4.69) is 13.8 Å². The number of hydrogen-bond acceptors (Lipinski definition) is 2. The first kappa shape index (κ1) is 11.0. The highest BCUT2D eigenvalue weighted by molar-refractivity contribution is 7.93. The Balaban J connectivity index is 2.57. The van der Waals surface area contributed by atoms with Gasteiger partial charge in [-0.05, 0) is 18.8 Å². The van der Waals surface area contributed by atoms with Crippen molar-refractivity contribution in [1.29, 1.82) is 4.78 Å². The predicted octanol–water partition coefficient (Wildman–Crippen LogP) is 3.02. The minimum atomic E-state index is -2.28. The van der Waals surface area contributed by atoms with Gasteiger partial charge in [-0.15, -0.1) is 0 Å². The Morgan fingerprint density at radius 1 is 1.31 bits per heavy atom. The van der Waals surface area contributed by atoms with E-state index in [4.69, 9.17) is 4.78 Å². The third-order valence-electron chi connectivity index (χ3n) is 2.67. The Labute approximate surface area is 82.1 Å². The van der Waals surface area contributed by atoms with Gasteiger partial charge in [0.1, 0.15) is 0 Å². The quantitative estimate of drug-likeness (QED) is 0.752. The van der Waals surface area contributed by atoms with Crippen molar-refractivity contribution in [3.05, 3.63) is 0 Å². The predicted molar refractivity (Wildman–Crippen MR) is 57.4 cm³/mol. The maximum atomic E-state index is 12.0. The largest absolute Gasteiger partial charge is 0.253 e. The summed E-state index contributed by atoms with van der Waals surface area (Å²) in [5.41, 5.74) is 0. The van der Waals surface area contributed by atoms with Gasteiger partial charge in [-0.2, -0.15) is 0 Å². The van der Waals surface area contributed by atoms with Gasteiger partial charge in [0, 0.05) is 20.7 Å². The van der Waals surface area contributed by atoms with E-state index in [0.717, 1.165) is 12.8 Å². The molecule has 0 heterocycles. The topological polar surface area (TPSA) is 40.9 Å². The zero-order valence-corrected chi connectivity index (χ0v) is 9.53. The molecule has 13 heavy (non-hydrogen) atoms. The first-order valence-electron chi connectivity index (χ1n) is 5.27. The summed E-state index contributed by atoms with van der Waals surface area (Å²) in [6.45, 7) is 4.11. The molecule has 0 aromatic heterocycles. The Kier molecular flexibility index (Phi) is 3.77. The van der Waals surface area contributed by atoms with E-state index in [1.54, 1.807) is 0 Å². The van der Waals surface area contributed by atoms with Crippen LogP contribution >= 0.6 is 0 Å². The molecule has 1 fully saturated rings. The Morgan fingerprint density at radius 2 is 1.85 bits per heavy atom. The average molecular weight is 203 g/mol. The van der Waals surface area contributed by atoms with Crippen molar-refractivity contribution >= 4 is 9.73 Å². The summed E-state index contributed by atoms with van der Waals surface area (Å²) in [6.07, 6.45) is 5.68. The fourth-order valence-corrected chi connectivity index (χ4v) is 4.43. The lowest BCUT2D eigenvalue weighted by Gasteiger charge is -2.24. The Bertz CT molecular complexity index is 238. The SMILES string of the molecule is CC(C)C[S@](=N)(=O)C1CCCCC1. The fraction of sp³-hybridized carbons (Fsp3) is 1.00. The second-order valence-electron chi connectivity index (χ2n) is 4.55. The van der Waals surface area contributed by atoms with Crippen LogP contribution in [0.4, 0.5) is 0 Å². The van der Waals surface area contributed by atoms with Gasteiger partial charge in [0.25, 0.3) is 0 Å². The van der Waals surface area contributed by atoms with Crippen molar-refractivity contribution in [2.24, 2.45) is 5.92 Å². The number of nitrogens with one attached hydrogen (secondary N) is 1. The van der Waals surface area contributed by atoms with Crippen LogP contribution in [0, 0.1) is 10.7 Å². The van der Waals surface area contributed by atoms with E-state index < -0.39 is 9.73 Å². The molecule has 0 bridgehead atoms. The third-order valence-corrected chi connectivity index (χ3v) is 5.38. The standard InChI is InChI=1S/C10H21NOS/c1-9(2)8-13(11,12)10-6-4-3-5-7-10/h9-11H,3-8H2,1-2H3/t13-/m0/s1. The minimum absolute atomic E-state index is 0.198. The molecule has 0 spiro atoms. The molecular formula is C10H21NOS. The van der Waals surface area contributed by atoms with E-state index in [9.17, 15) is 4.21 Å². The molecule has 1 rings (SSSR count). The lowest BCUT2D eigenvalue weighted by Crippen LogP contribution is -2.27. The van der Waals surface area contributed by atoms with Crippen LogP contribution in [-0.4, -0.2) is 15.2 Å². The second kappa shape index (κ2) is 4.45. The molecule has 0 unspecified atom stereocenters. The summed E-state index contributed by atoms with van der Waals surface area (Å²) < 4.78 is 19.9. The smallest absolute Gasteiger partial charge is 0.0473 e. The maximum Gasteiger partial charge on any atom is 0.0473 e. The molecule has 0 aliphatic heterocycles. The summed E-state index contributed by atoms with van der Waals surface area (Å²) >= 11 is 0. The highest BCUT2D eigenvalue weighted by atomic mass is 32.2. The molecule has 3 heteroatoms. The van der Waals surface area contributed by atoms with Crippen LogP contribution in [0.2, 0.25) is 0 Å². The highest BCUT2D eigenvalue weighted by Gasteiger charge is 2.24. The zero-order chi connectivity index (χ0) is 9.90. The van der Waals surface area contributed by atoms with Gasteiger partial charge in [0.2, 0.25) is 0 Å². The first-order chi connectivity index (χ1) is 6.02. The molecular weight excluding hydrogens is 182 g/mol. The van der Waals surface area contributed by atoms with E-state index in [-0.39, 0.29) is 5.25 Å². The van der Waals surface area contributed by atoms with Crippen molar-refractivity contribution in [2.75, 3.05) is 5.75 Å². The summed E-state index contributed by atoms with van der Waals surface area (Å²) in [5.74, 6) is 0.990. The van der Waals surface area contributed by atoms with Crippen molar-refractivity contribution in [3.63, 3.8) is 0 Å². The van der Waals surface area contributed by atoms with Crippen LogP contribution in [0.1, 0.15) is 46.0 Å². The first-order valence-corrected chi connectivity index (χ1v) is 7.06. The van der Waals surface area contributed by atoms with E-state index in [1.165, 1.54) is 19.3 Å². The van der Waals surface area contributed by atoms with Crippen LogP contribution in [0.3, 0.4) is 0 Å². The van der Waals surface area contributed by atoms with Gasteiger partial charge in [-0.25, -0.2) is 4.21 Å². The van der Waals surface area contributed by atoms with Crippen LogP contribution in [0.5, 0.6) is 0 Å². The molecule has 1 N–H and O–H groups in total. The summed E-state index contributed by atoms with van der Waals surface area (Å²) in [4.78, 5) is 0. The van der Waals surface area contributed by atoms with Crippen LogP contribution in [0.25, 0.3) is 0 Å². The Morgan fingerprint density at radius 3 is 2.31 bits per heavy atom.